The Hall–Kier alpha value is -2.87. The smallest absolute Gasteiger partial charge is 0.246 e. The van der Waals surface area contributed by atoms with Crippen LogP contribution in [0.4, 0.5) is 10.1 Å². The average molecular weight is 416 g/mol. The average Bonchev–Trinajstić information content (AvgIpc) is 3.27. The number of carbonyl (C=O) groups excluding carboxylic acids is 1. The van der Waals surface area contributed by atoms with Gasteiger partial charge in [-0.1, -0.05) is 12.5 Å². The van der Waals surface area contributed by atoms with Crippen LogP contribution in [0.5, 0.6) is 0 Å². The van der Waals surface area contributed by atoms with Crippen LogP contribution < -0.4 is 16.0 Å². The normalized spacial score (nSPS) is 16.1. The third kappa shape index (κ3) is 6.59. The first-order chi connectivity index (χ1) is 14.7. The fourth-order valence-corrected chi connectivity index (χ4v) is 3.57. The van der Waals surface area contributed by atoms with Crippen molar-refractivity contribution in [3.05, 3.63) is 54.2 Å². The molecule has 1 aromatic heterocycles. The van der Waals surface area contributed by atoms with E-state index in [4.69, 9.17) is 4.42 Å². The molecule has 7 nitrogen and oxygen atoms in total. The fraction of sp³-hybridized carbons (Fsp3) is 0.455. The molecule has 2 aromatic rings. The van der Waals surface area contributed by atoms with Gasteiger partial charge in [0.2, 0.25) is 5.91 Å². The Labute approximate surface area is 176 Å². The van der Waals surface area contributed by atoms with Crippen LogP contribution in [-0.2, 0) is 4.79 Å². The maximum absolute atomic E-state index is 13.3. The number of halogens is 1. The first-order valence-corrected chi connectivity index (χ1v) is 10.5. The molecule has 3 N–H and O–H groups in total. The van der Waals surface area contributed by atoms with Crippen LogP contribution in [-0.4, -0.2) is 49.5 Å². The molecule has 2 heterocycles. The second kappa shape index (κ2) is 11.3. The minimum atomic E-state index is -0.395. The molecule has 1 fully saturated rings. The Morgan fingerprint density at radius 3 is 2.73 bits per heavy atom. The van der Waals surface area contributed by atoms with Crippen molar-refractivity contribution in [1.82, 2.24) is 15.5 Å². The van der Waals surface area contributed by atoms with Gasteiger partial charge in [0.15, 0.2) is 5.96 Å². The molecule has 0 aliphatic carbocycles. The third-order valence-corrected chi connectivity index (χ3v) is 5.00. The van der Waals surface area contributed by atoms with E-state index in [0.29, 0.717) is 24.7 Å². The van der Waals surface area contributed by atoms with Crippen LogP contribution in [0.15, 0.2) is 52.1 Å². The maximum atomic E-state index is 13.3. The number of benzene rings is 1. The van der Waals surface area contributed by atoms with Gasteiger partial charge in [-0.15, -0.1) is 0 Å². The van der Waals surface area contributed by atoms with Crippen LogP contribution in [0.1, 0.15) is 38.0 Å². The molecule has 8 heteroatoms. The van der Waals surface area contributed by atoms with Gasteiger partial charge in [0.05, 0.1) is 12.3 Å². The number of aliphatic imine (C=N–C) groups is 1. The lowest BCUT2D eigenvalue weighted by Gasteiger charge is -2.33. The molecule has 3 rings (SSSR count). The van der Waals surface area contributed by atoms with Crippen molar-refractivity contribution in [2.45, 2.75) is 32.2 Å². The lowest BCUT2D eigenvalue weighted by atomic mass is 10.1. The Balaban J connectivity index is 1.59. The van der Waals surface area contributed by atoms with Gasteiger partial charge in [0, 0.05) is 18.8 Å². The van der Waals surface area contributed by atoms with Crippen molar-refractivity contribution in [1.29, 1.82) is 0 Å². The molecule has 0 saturated carbocycles. The summed E-state index contributed by atoms with van der Waals surface area (Å²) in [4.78, 5) is 19.0. The summed E-state index contributed by atoms with van der Waals surface area (Å²) in [5.41, 5.74) is 0.413. The largest absolute Gasteiger partial charge is 0.468 e. The van der Waals surface area contributed by atoms with E-state index in [1.165, 1.54) is 31.4 Å². The van der Waals surface area contributed by atoms with E-state index >= 15 is 0 Å². The molecule has 1 atom stereocenters. The van der Waals surface area contributed by atoms with Gasteiger partial charge in [0.25, 0.3) is 0 Å². The third-order valence-electron chi connectivity index (χ3n) is 5.00. The van der Waals surface area contributed by atoms with E-state index < -0.39 is 5.82 Å². The molecule has 30 heavy (non-hydrogen) atoms. The molecule has 1 amide bonds. The number of nitrogens with one attached hydrogen (secondary N) is 3. The van der Waals surface area contributed by atoms with Crippen molar-refractivity contribution < 1.29 is 13.6 Å². The van der Waals surface area contributed by atoms with E-state index in [2.05, 4.69) is 25.8 Å². The van der Waals surface area contributed by atoms with E-state index in [9.17, 15) is 9.18 Å². The molecule has 162 valence electrons. The van der Waals surface area contributed by atoms with Gasteiger partial charge in [-0.05, 0) is 63.2 Å². The first kappa shape index (κ1) is 21.8. The highest BCUT2D eigenvalue weighted by molar-refractivity contribution is 5.94. The zero-order valence-corrected chi connectivity index (χ0v) is 17.4. The topological polar surface area (TPSA) is 81.9 Å². The van der Waals surface area contributed by atoms with Crippen molar-refractivity contribution in [3.63, 3.8) is 0 Å². The molecule has 1 aromatic carbocycles. The number of carbonyl (C=O) groups is 1. The van der Waals surface area contributed by atoms with E-state index in [1.54, 1.807) is 18.4 Å². The minimum Gasteiger partial charge on any atom is -0.468 e. The Morgan fingerprint density at radius 1 is 1.20 bits per heavy atom. The van der Waals surface area contributed by atoms with Crippen molar-refractivity contribution >= 4 is 17.6 Å². The summed E-state index contributed by atoms with van der Waals surface area (Å²) in [7, 11) is 0. The number of hydrogen-bond acceptors (Lipinski definition) is 4. The summed E-state index contributed by atoms with van der Waals surface area (Å²) in [5.74, 6) is 0.772. The van der Waals surface area contributed by atoms with Gasteiger partial charge in [-0.2, -0.15) is 0 Å². The quantitative estimate of drug-likeness (QED) is 0.456. The predicted molar refractivity (Wildman–Crippen MR) is 116 cm³/mol. The molecular weight excluding hydrogens is 385 g/mol. The Bertz CT molecular complexity index is 819. The van der Waals surface area contributed by atoms with Gasteiger partial charge in [-0.3, -0.25) is 9.69 Å². The lowest BCUT2D eigenvalue weighted by molar-refractivity contribution is -0.114. The summed E-state index contributed by atoms with van der Waals surface area (Å²) >= 11 is 0. The predicted octanol–water partition coefficient (Wildman–Crippen LogP) is 3.14. The second-order valence-corrected chi connectivity index (χ2v) is 7.26. The van der Waals surface area contributed by atoms with Crippen LogP contribution in [0.3, 0.4) is 0 Å². The SMILES string of the molecule is CCNC(=NCC(=O)Nc1cccc(F)c1)NCC(c1ccco1)N1CCCCC1. The van der Waals surface area contributed by atoms with Crippen molar-refractivity contribution in [2.24, 2.45) is 4.99 Å². The Kier molecular flexibility index (Phi) is 8.26. The summed E-state index contributed by atoms with van der Waals surface area (Å²) < 4.78 is 18.9. The number of furan rings is 1. The molecule has 1 saturated heterocycles. The van der Waals surface area contributed by atoms with Crippen LogP contribution in [0.25, 0.3) is 0 Å². The molecule has 0 spiro atoms. The number of rotatable bonds is 8. The number of likely N-dealkylation sites (tertiary alicyclic amines) is 1. The summed E-state index contributed by atoms with van der Waals surface area (Å²) in [6.07, 6.45) is 5.33. The highest BCUT2D eigenvalue weighted by atomic mass is 19.1. The highest BCUT2D eigenvalue weighted by Gasteiger charge is 2.24. The van der Waals surface area contributed by atoms with E-state index in [0.717, 1.165) is 18.8 Å². The summed E-state index contributed by atoms with van der Waals surface area (Å²) in [5, 5.41) is 9.15. The van der Waals surface area contributed by atoms with Gasteiger partial charge in [-0.25, -0.2) is 9.38 Å². The van der Waals surface area contributed by atoms with E-state index in [1.807, 2.05) is 19.1 Å². The molecule has 0 radical (unpaired) electrons. The minimum absolute atomic E-state index is 0.0685. The second-order valence-electron chi connectivity index (χ2n) is 7.26. The standard InChI is InChI=1S/C22H30FN5O2/c1-2-24-22(26-16-21(29)27-18-9-6-8-17(23)14-18)25-15-19(20-10-7-13-30-20)28-11-4-3-5-12-28/h6-10,13-14,19H,2-5,11-12,15-16H2,1H3,(H,27,29)(H2,24,25,26). The number of piperidine rings is 1. The summed E-state index contributed by atoms with van der Waals surface area (Å²) in [6.45, 7) is 5.27. The maximum Gasteiger partial charge on any atom is 0.246 e. The molecular formula is C22H30FN5O2. The van der Waals surface area contributed by atoms with Crippen LogP contribution >= 0.6 is 0 Å². The molecule has 1 unspecified atom stereocenters. The number of nitrogens with zero attached hydrogens (tertiary/aromatic N) is 2. The zero-order chi connectivity index (χ0) is 21.2. The number of hydrogen-bond donors (Lipinski definition) is 3. The van der Waals surface area contributed by atoms with Gasteiger partial charge < -0.3 is 20.4 Å². The summed E-state index contributed by atoms with van der Waals surface area (Å²) in [6, 6.07) is 9.80. The lowest BCUT2D eigenvalue weighted by Crippen LogP contribution is -2.44. The number of anilines is 1. The molecule has 1 aliphatic rings. The van der Waals surface area contributed by atoms with Crippen LogP contribution in [0, 0.1) is 5.82 Å². The molecule has 0 bridgehead atoms. The zero-order valence-electron chi connectivity index (χ0n) is 17.4. The fourth-order valence-electron chi connectivity index (χ4n) is 3.57. The van der Waals surface area contributed by atoms with Gasteiger partial charge >= 0.3 is 0 Å². The number of guanidine groups is 1. The Morgan fingerprint density at radius 2 is 2.03 bits per heavy atom. The number of amides is 1. The van der Waals surface area contributed by atoms with Crippen LogP contribution in [0.2, 0.25) is 0 Å². The first-order valence-electron chi connectivity index (χ1n) is 10.5. The van der Waals surface area contributed by atoms with Crippen molar-refractivity contribution in [2.75, 3.05) is 38.0 Å². The molecule has 1 aliphatic heterocycles. The van der Waals surface area contributed by atoms with Gasteiger partial charge in [0.1, 0.15) is 18.1 Å². The highest BCUT2D eigenvalue weighted by Crippen LogP contribution is 2.24. The van der Waals surface area contributed by atoms with E-state index in [-0.39, 0.29) is 18.5 Å². The van der Waals surface area contributed by atoms with Crippen molar-refractivity contribution in [3.8, 4) is 0 Å². The monoisotopic (exact) mass is 415 g/mol.